The summed E-state index contributed by atoms with van der Waals surface area (Å²) in [6, 6.07) is 8.54. The lowest BCUT2D eigenvalue weighted by molar-refractivity contribution is 0.296. The highest BCUT2D eigenvalue weighted by Gasteiger charge is 2.17. The Balaban J connectivity index is 1.62. The first-order valence-corrected chi connectivity index (χ1v) is 8.21. The van der Waals surface area contributed by atoms with Crippen molar-refractivity contribution < 1.29 is 4.74 Å². The highest BCUT2D eigenvalue weighted by molar-refractivity contribution is 9.10. The number of benzene rings is 1. The van der Waals surface area contributed by atoms with Gasteiger partial charge < -0.3 is 10.5 Å². The van der Waals surface area contributed by atoms with E-state index < -0.39 is 0 Å². The van der Waals surface area contributed by atoms with E-state index in [0.29, 0.717) is 19.2 Å². The fourth-order valence-electron chi connectivity index (χ4n) is 2.77. The summed E-state index contributed by atoms with van der Waals surface area (Å²) in [6.07, 6.45) is 7.19. The minimum atomic E-state index is 0.486. The molecule has 0 bridgehead atoms. The summed E-state index contributed by atoms with van der Waals surface area (Å²) in [7, 11) is 0. The smallest absolute Gasteiger partial charge is 0.134 e. The zero-order valence-electron chi connectivity index (χ0n) is 12.0. The van der Waals surface area contributed by atoms with E-state index in [2.05, 4.69) is 31.9 Å². The summed E-state index contributed by atoms with van der Waals surface area (Å²) in [5, 5.41) is 4.63. The molecule has 0 atom stereocenters. The van der Waals surface area contributed by atoms with Crippen LogP contribution in [-0.4, -0.2) is 9.78 Å². The van der Waals surface area contributed by atoms with Gasteiger partial charge in [0.15, 0.2) is 0 Å². The number of nitrogens with two attached hydrogens (primary N) is 1. The Morgan fingerprint density at radius 3 is 2.81 bits per heavy atom. The highest BCUT2D eigenvalue weighted by atomic mass is 79.9. The molecule has 0 unspecified atom stereocenters. The molecule has 3 rings (SSSR count). The van der Waals surface area contributed by atoms with Crippen LogP contribution >= 0.6 is 15.9 Å². The minimum absolute atomic E-state index is 0.486. The molecule has 0 amide bonds. The van der Waals surface area contributed by atoms with Crippen LogP contribution in [0.3, 0.4) is 0 Å². The van der Waals surface area contributed by atoms with E-state index >= 15 is 0 Å². The summed E-state index contributed by atoms with van der Waals surface area (Å²) in [5.41, 5.74) is 7.67. The molecule has 1 aromatic heterocycles. The molecule has 21 heavy (non-hydrogen) atoms. The van der Waals surface area contributed by atoms with Crippen molar-refractivity contribution in [2.45, 2.75) is 44.9 Å². The summed E-state index contributed by atoms with van der Waals surface area (Å²) in [4.78, 5) is 0. The number of ether oxygens (including phenoxy) is 1. The third kappa shape index (κ3) is 3.47. The maximum atomic E-state index is 5.83. The standard InChI is InChI=1S/C16H20BrN3O/c17-15-9-12(10-18)5-6-16(15)21-11-13-7-8-20(19-13)14-3-1-2-4-14/h5-9,14H,1-4,10-11,18H2. The van der Waals surface area contributed by atoms with Crippen LogP contribution in [0.5, 0.6) is 5.75 Å². The van der Waals surface area contributed by atoms with Crippen molar-refractivity contribution in [1.29, 1.82) is 0 Å². The van der Waals surface area contributed by atoms with Crippen molar-refractivity contribution in [3.8, 4) is 5.75 Å². The van der Waals surface area contributed by atoms with Crippen molar-refractivity contribution in [3.05, 3.63) is 46.2 Å². The fraction of sp³-hybridized carbons (Fsp3) is 0.438. The molecule has 1 aliphatic carbocycles. The van der Waals surface area contributed by atoms with Gasteiger partial charge in [0, 0.05) is 12.7 Å². The van der Waals surface area contributed by atoms with Crippen LogP contribution in [0.2, 0.25) is 0 Å². The van der Waals surface area contributed by atoms with Crippen LogP contribution in [0.1, 0.15) is 43.0 Å². The fourth-order valence-corrected chi connectivity index (χ4v) is 3.31. The van der Waals surface area contributed by atoms with Crippen LogP contribution < -0.4 is 10.5 Å². The Morgan fingerprint density at radius 1 is 1.29 bits per heavy atom. The van der Waals surface area contributed by atoms with E-state index in [-0.39, 0.29) is 0 Å². The molecule has 1 fully saturated rings. The second-order valence-electron chi connectivity index (χ2n) is 5.48. The lowest BCUT2D eigenvalue weighted by atomic mass is 10.2. The summed E-state index contributed by atoms with van der Waals surface area (Å²) < 4.78 is 8.86. The van der Waals surface area contributed by atoms with Gasteiger partial charge in [-0.2, -0.15) is 5.10 Å². The lowest BCUT2D eigenvalue weighted by Crippen LogP contribution is -2.06. The van der Waals surface area contributed by atoms with Gasteiger partial charge in [-0.25, -0.2) is 0 Å². The number of hydrogen-bond acceptors (Lipinski definition) is 3. The summed E-state index contributed by atoms with van der Waals surface area (Å²) >= 11 is 3.51. The van der Waals surface area contributed by atoms with Gasteiger partial charge in [-0.05, 0) is 52.5 Å². The Kier molecular flexibility index (Phi) is 4.60. The van der Waals surface area contributed by atoms with Crippen molar-refractivity contribution in [2.75, 3.05) is 0 Å². The van der Waals surface area contributed by atoms with Crippen molar-refractivity contribution >= 4 is 15.9 Å². The second-order valence-corrected chi connectivity index (χ2v) is 6.34. The number of aromatic nitrogens is 2. The first-order valence-electron chi connectivity index (χ1n) is 7.41. The minimum Gasteiger partial charge on any atom is -0.486 e. The average Bonchev–Trinajstić information content (AvgIpc) is 3.16. The van der Waals surface area contributed by atoms with Crippen LogP contribution in [0.15, 0.2) is 34.9 Å². The largest absolute Gasteiger partial charge is 0.486 e. The number of rotatable bonds is 5. The molecule has 1 heterocycles. The molecule has 0 saturated heterocycles. The normalized spacial score (nSPS) is 15.5. The molecule has 1 saturated carbocycles. The van der Waals surface area contributed by atoms with Gasteiger partial charge >= 0.3 is 0 Å². The molecule has 0 spiro atoms. The Labute approximate surface area is 133 Å². The predicted molar refractivity (Wildman–Crippen MR) is 86.1 cm³/mol. The van der Waals surface area contributed by atoms with Crippen LogP contribution in [-0.2, 0) is 13.2 Å². The van der Waals surface area contributed by atoms with Gasteiger partial charge in [0.05, 0.1) is 16.2 Å². The molecule has 0 radical (unpaired) electrons. The third-order valence-electron chi connectivity index (χ3n) is 3.97. The summed E-state index contributed by atoms with van der Waals surface area (Å²) in [6.45, 7) is 1.02. The molecule has 1 aliphatic rings. The van der Waals surface area contributed by atoms with Crippen molar-refractivity contribution in [3.63, 3.8) is 0 Å². The topological polar surface area (TPSA) is 53.1 Å². The number of nitrogens with zero attached hydrogens (tertiary/aromatic N) is 2. The zero-order valence-corrected chi connectivity index (χ0v) is 13.6. The molecular formula is C16H20BrN3O. The van der Waals surface area contributed by atoms with Crippen molar-refractivity contribution in [2.24, 2.45) is 5.73 Å². The van der Waals surface area contributed by atoms with Gasteiger partial charge in [-0.15, -0.1) is 0 Å². The Morgan fingerprint density at radius 2 is 2.10 bits per heavy atom. The van der Waals surface area contributed by atoms with E-state index in [0.717, 1.165) is 21.5 Å². The summed E-state index contributed by atoms with van der Waals surface area (Å²) in [5.74, 6) is 0.822. The van der Waals surface area contributed by atoms with Crippen LogP contribution in [0.4, 0.5) is 0 Å². The monoisotopic (exact) mass is 349 g/mol. The molecule has 2 aromatic rings. The molecule has 4 nitrogen and oxygen atoms in total. The SMILES string of the molecule is NCc1ccc(OCc2ccn(C3CCCC3)n2)c(Br)c1. The maximum absolute atomic E-state index is 5.83. The van der Waals surface area contributed by atoms with Gasteiger partial charge in [0.1, 0.15) is 12.4 Å². The van der Waals surface area contributed by atoms with E-state index in [1.165, 1.54) is 25.7 Å². The number of hydrogen-bond donors (Lipinski definition) is 1. The molecular weight excluding hydrogens is 330 g/mol. The zero-order chi connectivity index (χ0) is 14.7. The first-order chi connectivity index (χ1) is 10.3. The second kappa shape index (κ2) is 6.62. The van der Waals surface area contributed by atoms with E-state index in [9.17, 15) is 0 Å². The van der Waals surface area contributed by atoms with E-state index in [4.69, 9.17) is 10.5 Å². The van der Waals surface area contributed by atoms with E-state index in [1.54, 1.807) is 0 Å². The van der Waals surface area contributed by atoms with Gasteiger partial charge in [0.2, 0.25) is 0 Å². The van der Waals surface area contributed by atoms with Crippen LogP contribution in [0.25, 0.3) is 0 Å². The van der Waals surface area contributed by atoms with Gasteiger partial charge in [-0.1, -0.05) is 18.9 Å². The van der Waals surface area contributed by atoms with Crippen LogP contribution in [0, 0.1) is 0 Å². The van der Waals surface area contributed by atoms with Gasteiger partial charge in [-0.3, -0.25) is 4.68 Å². The Hall–Kier alpha value is -1.33. The third-order valence-corrected chi connectivity index (χ3v) is 4.59. The quantitative estimate of drug-likeness (QED) is 0.892. The lowest BCUT2D eigenvalue weighted by Gasteiger charge is -2.10. The molecule has 0 aliphatic heterocycles. The Bertz CT molecular complexity index is 605. The average molecular weight is 350 g/mol. The number of halogens is 1. The molecule has 5 heteroatoms. The predicted octanol–water partition coefficient (Wildman–Crippen LogP) is 3.80. The first kappa shape index (κ1) is 14.6. The van der Waals surface area contributed by atoms with Crippen molar-refractivity contribution in [1.82, 2.24) is 9.78 Å². The van der Waals surface area contributed by atoms with Gasteiger partial charge in [0.25, 0.3) is 0 Å². The molecule has 112 valence electrons. The highest BCUT2D eigenvalue weighted by Crippen LogP contribution is 2.29. The molecule has 1 aromatic carbocycles. The molecule has 2 N–H and O–H groups in total. The van der Waals surface area contributed by atoms with E-state index in [1.807, 2.05) is 24.3 Å². The maximum Gasteiger partial charge on any atom is 0.134 e.